The number of ether oxygens (including phenoxy) is 8. The second-order valence-corrected chi connectivity index (χ2v) is 37.5. The van der Waals surface area contributed by atoms with E-state index in [-0.39, 0.29) is 169 Å². The molecule has 9 atom stereocenters. The molecular formula is C103H112N16O20P2. The van der Waals surface area contributed by atoms with Gasteiger partial charge in [-0.3, -0.25) is 33.1 Å². The van der Waals surface area contributed by atoms with Crippen LogP contribution in [0.3, 0.4) is 0 Å². The lowest BCUT2D eigenvalue weighted by atomic mass is 9.80. The van der Waals surface area contributed by atoms with Crippen LogP contribution in [0.2, 0.25) is 0 Å². The van der Waals surface area contributed by atoms with Gasteiger partial charge in [0.15, 0.2) is 35.6 Å². The molecule has 5 aliphatic rings. The molecule has 0 radical (unpaired) electrons. The number of nitriles is 2. The number of nitrogens with one attached hydrogen (secondary N) is 5. The Morgan fingerprint density at radius 1 is 0.560 bits per heavy atom. The summed E-state index contributed by atoms with van der Waals surface area (Å²) < 4.78 is 89.7. The number of rotatable bonds is 45. The van der Waals surface area contributed by atoms with Crippen molar-refractivity contribution in [2.75, 3.05) is 98.3 Å². The zero-order valence-electron chi connectivity index (χ0n) is 79.3. The number of hydrogen-bond donors (Lipinski definition) is 5. The Labute approximate surface area is 818 Å². The van der Waals surface area contributed by atoms with Crippen LogP contribution in [0.15, 0.2) is 219 Å². The van der Waals surface area contributed by atoms with Crippen LogP contribution in [0.5, 0.6) is 11.5 Å². The van der Waals surface area contributed by atoms with Gasteiger partial charge in [0.05, 0.1) is 90.5 Å². The molecule has 141 heavy (non-hydrogen) atoms. The monoisotopic (exact) mass is 1950 g/mol. The number of aromatic nitrogens is 6. The minimum absolute atomic E-state index is 0.0156. The summed E-state index contributed by atoms with van der Waals surface area (Å²) in [6.45, 7) is 7.77. The number of anilines is 2. The van der Waals surface area contributed by atoms with E-state index in [1.807, 2.05) is 167 Å². The van der Waals surface area contributed by atoms with E-state index >= 15 is 0 Å². The van der Waals surface area contributed by atoms with Gasteiger partial charge in [-0.05, 0) is 144 Å². The van der Waals surface area contributed by atoms with Gasteiger partial charge in [0.2, 0.25) is 5.91 Å². The molecule has 0 bridgehead atoms. The van der Waals surface area contributed by atoms with Crippen LogP contribution < -0.4 is 36.1 Å². The van der Waals surface area contributed by atoms with Crippen LogP contribution >= 0.6 is 17.1 Å². The molecule has 2 saturated heterocycles. The smallest absolute Gasteiger partial charge is 0.409 e. The number of esters is 1. The van der Waals surface area contributed by atoms with Crippen molar-refractivity contribution in [3.05, 3.63) is 275 Å². The molecule has 3 aliphatic heterocycles. The maximum Gasteiger partial charge on any atom is 0.409 e. The highest BCUT2D eigenvalue weighted by molar-refractivity contribution is 7.44. The SMILES string of the molecule is COc1ccc(C(OC[C@H]2O[C@@H](n3cnc4c(NC(=O)c5ccc(CNC(=O)COC(=O)CCCN(C)C(=O)OCC6c7ccccc7-c7ccccc76)cc5)ncnc43)C[C@@H]2OP(OCCC#N)OC[C@@H]2O[C@@H](n3cnc4c3NC(NC(=O)CCCN(C)C(=O)OCC3c5ccccc5-c5ccccc53)NC4=O)C[C@@H]2OP(OCCC#N)N(C(C)C)C(C)C)(c2ccccc2)c2ccc(OC)cc2)cc1. The Morgan fingerprint density at radius 2 is 1.08 bits per heavy atom. The van der Waals surface area contributed by atoms with Gasteiger partial charge >= 0.3 is 26.8 Å². The Balaban J connectivity index is 0.598. The molecule has 3 aromatic heterocycles. The highest BCUT2D eigenvalue weighted by Gasteiger charge is 2.48. The van der Waals surface area contributed by atoms with Crippen LogP contribution in [0, 0.1) is 22.7 Å². The number of amides is 6. The molecule has 8 aromatic carbocycles. The average molecular weight is 1960 g/mol. The lowest BCUT2D eigenvalue weighted by Gasteiger charge is -2.37. The molecule has 11 aromatic rings. The average Bonchev–Trinajstić information content (AvgIpc) is 1.75. The molecule has 6 amide bonds. The number of carbonyl (C=O) groups is 7. The molecule has 0 spiro atoms. The summed E-state index contributed by atoms with van der Waals surface area (Å²) in [5, 5.41) is 34.4. The van der Waals surface area contributed by atoms with Crippen LogP contribution in [0.1, 0.15) is 169 Å². The second kappa shape index (κ2) is 47.0. The van der Waals surface area contributed by atoms with Crippen molar-refractivity contribution in [3.63, 3.8) is 0 Å². The van der Waals surface area contributed by atoms with E-state index in [9.17, 15) is 44.1 Å². The molecular weight excluding hydrogens is 1840 g/mol. The van der Waals surface area contributed by atoms with Crippen molar-refractivity contribution in [3.8, 4) is 45.9 Å². The van der Waals surface area contributed by atoms with Crippen molar-refractivity contribution >= 4 is 81.7 Å². The highest BCUT2D eigenvalue weighted by Crippen LogP contribution is 2.54. The fourth-order valence-electron chi connectivity index (χ4n) is 18.1. The van der Waals surface area contributed by atoms with Crippen molar-refractivity contribution in [2.45, 2.75) is 158 Å². The Bertz CT molecular complexity index is 6160. The van der Waals surface area contributed by atoms with E-state index in [0.29, 0.717) is 17.1 Å². The first-order chi connectivity index (χ1) is 68.6. The summed E-state index contributed by atoms with van der Waals surface area (Å²) in [5.41, 5.74) is 11.0. The highest BCUT2D eigenvalue weighted by atomic mass is 31.2. The predicted octanol–water partition coefficient (Wildman–Crippen LogP) is 15.8. The molecule has 2 fully saturated rings. The van der Waals surface area contributed by atoms with Crippen LogP contribution in [-0.4, -0.2) is 216 Å². The summed E-state index contributed by atoms with van der Waals surface area (Å²) >= 11 is 0. The van der Waals surface area contributed by atoms with Crippen molar-refractivity contribution in [1.82, 2.24) is 59.5 Å². The van der Waals surface area contributed by atoms with Gasteiger partial charge in [-0.1, -0.05) is 164 Å². The van der Waals surface area contributed by atoms with E-state index in [0.717, 1.165) is 61.2 Å². The number of benzene rings is 8. The van der Waals surface area contributed by atoms with E-state index in [2.05, 4.69) is 89.8 Å². The Kier molecular flexibility index (Phi) is 33.5. The topological polar surface area (TPSA) is 418 Å². The summed E-state index contributed by atoms with van der Waals surface area (Å²) in [6.07, 6.45) is -2.85. The first kappa shape index (κ1) is 100. The van der Waals surface area contributed by atoms with Gasteiger partial charge in [0, 0.05) is 88.9 Å². The molecule has 3 unspecified atom stereocenters. The summed E-state index contributed by atoms with van der Waals surface area (Å²) in [4.78, 5) is 116. The molecule has 38 heteroatoms. The number of nitrogens with zero attached hydrogens (tertiary/aromatic N) is 11. The molecule has 5 N–H and O–H groups in total. The third-order valence-corrected chi connectivity index (χ3v) is 28.4. The van der Waals surface area contributed by atoms with Crippen LogP contribution in [0.4, 0.5) is 21.2 Å². The molecule has 36 nitrogen and oxygen atoms in total. The number of fused-ring (bicyclic) bond motifs is 8. The van der Waals surface area contributed by atoms with Gasteiger partial charge in [-0.25, -0.2) is 34.2 Å². The maximum atomic E-state index is 14.2. The van der Waals surface area contributed by atoms with Gasteiger partial charge in [-0.15, -0.1) is 0 Å². The minimum atomic E-state index is -2.50. The molecule has 0 saturated carbocycles. The van der Waals surface area contributed by atoms with Gasteiger partial charge in [0.1, 0.15) is 67.1 Å². The third-order valence-electron chi connectivity index (χ3n) is 25.1. The normalized spacial score (nSPS) is 17.7. The largest absolute Gasteiger partial charge is 0.497 e. The van der Waals surface area contributed by atoms with Crippen LogP contribution in [0.25, 0.3) is 33.4 Å². The Morgan fingerprint density at radius 3 is 1.64 bits per heavy atom. The lowest BCUT2D eigenvalue weighted by Crippen LogP contribution is -2.55. The van der Waals surface area contributed by atoms with Gasteiger partial charge < -0.3 is 96.9 Å². The fraction of sp³-hybridized carbons (Fsp3) is 0.369. The third kappa shape index (κ3) is 23.6. The molecule has 2 aliphatic carbocycles. The zero-order valence-corrected chi connectivity index (χ0v) is 81.1. The maximum absolute atomic E-state index is 14.2. The first-order valence-electron chi connectivity index (χ1n) is 46.8. The van der Waals surface area contributed by atoms with E-state index in [1.165, 1.54) is 28.8 Å². The Hall–Kier alpha value is -13.7. The minimum Gasteiger partial charge on any atom is -0.497 e. The number of methoxy groups -OCH3 is 2. The van der Waals surface area contributed by atoms with Gasteiger partial charge in [-0.2, -0.15) is 10.5 Å². The summed E-state index contributed by atoms with van der Waals surface area (Å²) in [7, 11) is 1.97. The summed E-state index contributed by atoms with van der Waals surface area (Å²) in [6, 6.07) is 67.8. The number of hydrogen-bond acceptors (Lipinski definition) is 28. The van der Waals surface area contributed by atoms with Gasteiger partial charge in [0.25, 0.3) is 26.2 Å². The zero-order chi connectivity index (χ0) is 98.6. The first-order valence-corrected chi connectivity index (χ1v) is 49.0. The summed E-state index contributed by atoms with van der Waals surface area (Å²) in [5.74, 6) is -1.43. The number of imidazole rings is 2. The van der Waals surface area contributed by atoms with Crippen molar-refractivity contribution < 1.29 is 94.1 Å². The lowest BCUT2D eigenvalue weighted by molar-refractivity contribution is -0.148. The van der Waals surface area contributed by atoms with Crippen LogP contribution in [-0.2, 0) is 77.6 Å². The van der Waals surface area contributed by atoms with E-state index < -0.39 is 114 Å². The quantitative estimate of drug-likeness (QED) is 0.00778. The fourth-order valence-corrected chi connectivity index (χ4v) is 21.0. The molecule has 6 heterocycles. The predicted molar refractivity (Wildman–Crippen MR) is 521 cm³/mol. The van der Waals surface area contributed by atoms with E-state index in [4.69, 9.17) is 70.5 Å². The second-order valence-electron chi connectivity index (χ2n) is 34.9. The van der Waals surface area contributed by atoms with Crippen molar-refractivity contribution in [1.29, 1.82) is 10.5 Å². The molecule has 16 rings (SSSR count). The number of carbonyl (C=O) groups excluding carboxylic acids is 7. The van der Waals surface area contributed by atoms with Crippen molar-refractivity contribution in [2.24, 2.45) is 0 Å². The van der Waals surface area contributed by atoms with E-state index in [1.54, 1.807) is 61.7 Å². The molecule has 734 valence electrons. The standard InChI is InChI=1S/C103H112N16O20P2/c1-65(2)119(66(3)4)140(133-52-22-48-104)138-84-54-91(118-64-110-94-97(118)113-100(114-99(94)124)111-88(120)34-20-50-115(5)101(125)130-57-82-78-30-16-12-26-74(78)75-27-13-17-31-79(75)82)137-87(84)60-135-141(134-53-23-49-105)139-85-55-90(136-86(85)59-132-103(69-24-10-9-11-25-69,70-40-44-72(127-7)45-41-70)71-42-46-73(128-8)47-43-71)117-63-109-93-95(107-62-108-96(93)117)112-98(123)68-38-36-67(37-39-68)56-106-89(121)61-129-92(122)35-21-51-116(6)102(126)131-58-83-80-32-18-14-28-76(80)77-29-15-19-33-81(77)83/h9-19,24-33,36-47,62-66,82-87,90-91,100,113H,20-23,34-35,50-61H2,1-8H3,(H,106,121)(H,111,120)(H,114,124)(H,107,108,112,123)/t84-,85-,86+,87-,90+,91+,100?,140?,141?/m0/s1.